The van der Waals surface area contributed by atoms with Gasteiger partial charge >= 0.3 is 12.2 Å². The van der Waals surface area contributed by atoms with Crippen molar-refractivity contribution in [2.24, 2.45) is 0 Å². The van der Waals surface area contributed by atoms with E-state index in [2.05, 4.69) is 29.6 Å². The third kappa shape index (κ3) is 3.72. The Morgan fingerprint density at radius 3 is 2.25 bits per heavy atom. The van der Waals surface area contributed by atoms with Crippen LogP contribution in [0.2, 0.25) is 0 Å². The molecule has 2 amide bonds. The average molecular weight is 435 g/mol. The van der Waals surface area contributed by atoms with Crippen LogP contribution in [-0.2, 0) is 9.47 Å². The molecule has 2 bridgehead atoms. The van der Waals surface area contributed by atoms with Crippen LogP contribution in [0, 0.1) is 0 Å². The van der Waals surface area contributed by atoms with Crippen molar-refractivity contribution in [3.63, 3.8) is 0 Å². The van der Waals surface area contributed by atoms with Crippen molar-refractivity contribution in [3.05, 3.63) is 59.7 Å². The van der Waals surface area contributed by atoms with Crippen LogP contribution >= 0.6 is 0 Å². The number of alkyl carbamates (subject to hydrolysis) is 1. The molecule has 0 spiro atoms. The minimum Gasteiger partial charge on any atom is -0.448 e. The highest BCUT2D eigenvalue weighted by Crippen LogP contribution is 2.45. The van der Waals surface area contributed by atoms with E-state index in [-0.39, 0.29) is 30.1 Å². The third-order valence-electron chi connectivity index (χ3n) is 6.79. The van der Waals surface area contributed by atoms with E-state index in [1.54, 1.807) is 0 Å². The summed E-state index contributed by atoms with van der Waals surface area (Å²) in [7, 11) is 0. The smallest absolute Gasteiger partial charge is 0.410 e. The highest BCUT2D eigenvalue weighted by Gasteiger charge is 2.50. The first kappa shape index (κ1) is 20.9. The molecule has 1 aliphatic carbocycles. The molecular formula is C26H30N2O4. The maximum atomic E-state index is 13.1. The van der Waals surface area contributed by atoms with Crippen molar-refractivity contribution in [2.75, 3.05) is 6.61 Å². The van der Waals surface area contributed by atoms with E-state index in [0.717, 1.165) is 19.3 Å². The van der Waals surface area contributed by atoms with Crippen LogP contribution in [0.3, 0.4) is 0 Å². The van der Waals surface area contributed by atoms with Crippen LogP contribution < -0.4 is 5.32 Å². The fraction of sp³-hybridized carbons (Fsp3) is 0.462. The van der Waals surface area contributed by atoms with Gasteiger partial charge in [-0.1, -0.05) is 48.5 Å². The summed E-state index contributed by atoms with van der Waals surface area (Å²) >= 11 is 0. The zero-order valence-electron chi connectivity index (χ0n) is 18.8. The van der Waals surface area contributed by atoms with E-state index in [4.69, 9.17) is 9.47 Å². The quantitative estimate of drug-likeness (QED) is 0.733. The van der Waals surface area contributed by atoms with Crippen molar-refractivity contribution in [2.45, 2.75) is 69.7 Å². The van der Waals surface area contributed by atoms with Crippen molar-refractivity contribution >= 4 is 12.2 Å². The van der Waals surface area contributed by atoms with Crippen LogP contribution in [0.5, 0.6) is 0 Å². The van der Waals surface area contributed by atoms with Gasteiger partial charge in [0.15, 0.2) is 0 Å². The molecule has 0 aromatic heterocycles. The van der Waals surface area contributed by atoms with Crippen molar-refractivity contribution < 1.29 is 19.1 Å². The highest BCUT2D eigenvalue weighted by atomic mass is 16.6. The van der Waals surface area contributed by atoms with Crippen molar-refractivity contribution in [3.8, 4) is 11.1 Å². The lowest BCUT2D eigenvalue weighted by atomic mass is 9.96. The Morgan fingerprint density at radius 1 is 1.00 bits per heavy atom. The molecule has 2 aromatic rings. The van der Waals surface area contributed by atoms with E-state index in [9.17, 15) is 9.59 Å². The van der Waals surface area contributed by atoms with Gasteiger partial charge in [0.25, 0.3) is 0 Å². The Hall–Kier alpha value is -3.02. The van der Waals surface area contributed by atoms with Gasteiger partial charge in [0.2, 0.25) is 0 Å². The van der Waals surface area contributed by atoms with Crippen LogP contribution in [0.4, 0.5) is 9.59 Å². The number of amides is 2. The molecule has 6 nitrogen and oxygen atoms in total. The number of nitrogens with zero attached hydrogens (tertiary/aromatic N) is 1. The number of carbonyl (C=O) groups excluding carboxylic acids is 2. The van der Waals surface area contributed by atoms with Gasteiger partial charge in [0, 0.05) is 12.0 Å². The number of ether oxygens (including phenoxy) is 2. The summed E-state index contributed by atoms with van der Waals surface area (Å²) in [6, 6.07) is 16.6. The molecule has 2 unspecified atom stereocenters. The van der Waals surface area contributed by atoms with Gasteiger partial charge in [-0.25, -0.2) is 9.59 Å². The number of hydrogen-bond acceptors (Lipinski definition) is 4. The van der Waals surface area contributed by atoms with E-state index < -0.39 is 11.7 Å². The van der Waals surface area contributed by atoms with Crippen molar-refractivity contribution in [1.29, 1.82) is 0 Å². The summed E-state index contributed by atoms with van der Waals surface area (Å²) in [6.45, 7) is 5.84. The lowest BCUT2D eigenvalue weighted by Crippen LogP contribution is -2.47. The van der Waals surface area contributed by atoms with Crippen LogP contribution in [0.25, 0.3) is 11.1 Å². The zero-order chi connectivity index (χ0) is 22.5. The molecule has 2 fully saturated rings. The summed E-state index contributed by atoms with van der Waals surface area (Å²) in [5, 5.41) is 2.96. The second-order valence-electron chi connectivity index (χ2n) is 10.00. The number of nitrogens with one attached hydrogen (secondary N) is 1. The molecule has 5 rings (SSSR count). The predicted octanol–water partition coefficient (Wildman–Crippen LogP) is 5.07. The number of carbonyl (C=O) groups is 2. The van der Waals surface area contributed by atoms with Crippen LogP contribution in [-0.4, -0.2) is 47.4 Å². The molecule has 0 saturated carbocycles. The highest BCUT2D eigenvalue weighted by molar-refractivity contribution is 5.79. The fourth-order valence-corrected chi connectivity index (χ4v) is 5.56. The second kappa shape index (κ2) is 7.84. The average Bonchev–Trinajstić information content (AvgIpc) is 3.40. The number of hydrogen-bond donors (Lipinski definition) is 1. The topological polar surface area (TPSA) is 67.9 Å². The Bertz CT molecular complexity index is 999. The molecule has 1 N–H and O–H groups in total. The Balaban J connectivity index is 1.25. The van der Waals surface area contributed by atoms with Gasteiger partial charge < -0.3 is 19.7 Å². The first-order chi connectivity index (χ1) is 15.3. The number of benzene rings is 2. The van der Waals surface area contributed by atoms with Crippen LogP contribution in [0.1, 0.15) is 57.1 Å². The molecule has 32 heavy (non-hydrogen) atoms. The van der Waals surface area contributed by atoms with Gasteiger partial charge in [-0.05, 0) is 62.3 Å². The first-order valence-electron chi connectivity index (χ1n) is 11.4. The summed E-state index contributed by atoms with van der Waals surface area (Å²) in [6.07, 6.45) is 1.85. The van der Waals surface area contributed by atoms with Gasteiger partial charge in [-0.15, -0.1) is 0 Å². The molecule has 2 heterocycles. The van der Waals surface area contributed by atoms with E-state index in [1.165, 1.54) is 22.3 Å². The maximum absolute atomic E-state index is 13.1. The molecule has 3 atom stereocenters. The van der Waals surface area contributed by atoms with Gasteiger partial charge in [-0.3, -0.25) is 0 Å². The van der Waals surface area contributed by atoms with E-state index in [0.29, 0.717) is 6.61 Å². The first-order valence-corrected chi connectivity index (χ1v) is 11.4. The standard InChI is InChI=1S/C26H30N2O4/c1-26(2,3)32-24(29)27-22-14-16-12-13-23(22)28(16)25(30)31-15-21-19-10-6-4-8-17(19)18-9-5-7-11-20(18)21/h4-11,16,21-23H,12-15H2,1-3H3,(H,27,29)/t16?,22-,23?/m0/s1. The molecule has 2 aliphatic heterocycles. The molecule has 168 valence electrons. The summed E-state index contributed by atoms with van der Waals surface area (Å²) in [5.41, 5.74) is 4.29. The molecule has 2 saturated heterocycles. The molecular weight excluding hydrogens is 404 g/mol. The Morgan fingerprint density at radius 2 is 1.62 bits per heavy atom. The fourth-order valence-electron chi connectivity index (χ4n) is 5.56. The number of fused-ring (bicyclic) bond motifs is 5. The molecule has 3 aliphatic rings. The van der Waals surface area contributed by atoms with Gasteiger partial charge in [0.05, 0.1) is 12.1 Å². The molecule has 6 heteroatoms. The second-order valence-corrected chi connectivity index (χ2v) is 10.00. The SMILES string of the molecule is CC(C)(C)OC(=O)N[C@H]1CC2CCC1N2C(=O)OCC1c2ccccc2-c2ccccc21. The zero-order valence-corrected chi connectivity index (χ0v) is 18.8. The monoisotopic (exact) mass is 434 g/mol. The summed E-state index contributed by atoms with van der Waals surface area (Å²) < 4.78 is 11.3. The lowest BCUT2D eigenvalue weighted by Gasteiger charge is -2.26. The van der Waals surface area contributed by atoms with Crippen LogP contribution in [0.15, 0.2) is 48.5 Å². The summed E-state index contributed by atoms with van der Waals surface area (Å²) in [5.74, 6) is 0.0438. The predicted molar refractivity (Wildman–Crippen MR) is 121 cm³/mol. The van der Waals surface area contributed by atoms with E-state index in [1.807, 2.05) is 49.9 Å². The van der Waals surface area contributed by atoms with Crippen molar-refractivity contribution in [1.82, 2.24) is 10.2 Å². The van der Waals surface area contributed by atoms with Gasteiger partial charge in [-0.2, -0.15) is 0 Å². The lowest BCUT2D eigenvalue weighted by molar-refractivity contribution is 0.0485. The summed E-state index contributed by atoms with van der Waals surface area (Å²) in [4.78, 5) is 27.2. The maximum Gasteiger partial charge on any atom is 0.410 e. The van der Waals surface area contributed by atoms with Gasteiger partial charge in [0.1, 0.15) is 12.2 Å². The molecule has 0 radical (unpaired) electrons. The third-order valence-corrected chi connectivity index (χ3v) is 6.79. The largest absolute Gasteiger partial charge is 0.448 e. The minimum atomic E-state index is -0.547. The van der Waals surface area contributed by atoms with E-state index >= 15 is 0 Å². The Labute approximate surface area is 188 Å². The Kier molecular flexibility index (Phi) is 5.11. The minimum absolute atomic E-state index is 0.0387. The number of rotatable bonds is 3. The molecule has 2 aromatic carbocycles. The normalized spacial score (nSPS) is 23.6.